The van der Waals surface area contributed by atoms with E-state index in [0.717, 1.165) is 0 Å². The van der Waals surface area contributed by atoms with Crippen LogP contribution < -0.4 is 0 Å². The fourth-order valence-electron chi connectivity index (χ4n) is 1.34. The number of ether oxygens (including phenoxy) is 1. The zero-order valence-corrected chi connectivity index (χ0v) is 9.69. The molecular formula is C14H11FN2O. The number of hydrogen-bond acceptors (Lipinski definition) is 3. The van der Waals surface area contributed by atoms with Gasteiger partial charge in [0.15, 0.2) is 0 Å². The predicted octanol–water partition coefficient (Wildman–Crippen LogP) is 2.96. The molecule has 0 radical (unpaired) electrons. The molecule has 0 atom stereocenters. The quantitative estimate of drug-likeness (QED) is 0.453. The average molecular weight is 242 g/mol. The van der Waals surface area contributed by atoms with Crippen molar-refractivity contribution in [2.24, 2.45) is 0 Å². The molecule has 0 saturated carbocycles. The van der Waals surface area contributed by atoms with Crippen molar-refractivity contribution < 1.29 is 9.13 Å². The predicted molar refractivity (Wildman–Crippen MR) is 65.5 cm³/mol. The van der Waals surface area contributed by atoms with Gasteiger partial charge in [0.1, 0.15) is 23.5 Å². The van der Waals surface area contributed by atoms with Crippen molar-refractivity contribution in [3.8, 4) is 12.1 Å². The molecule has 0 bridgehead atoms. The SMILES string of the molecule is C=CCOCc1cc(F)ccc1C=C(C#N)C#N. The monoisotopic (exact) mass is 242 g/mol. The van der Waals surface area contributed by atoms with Crippen molar-refractivity contribution in [3.63, 3.8) is 0 Å². The standard InChI is InChI=1S/C14H11FN2O/c1-2-5-18-10-13-7-14(15)4-3-12(13)6-11(8-16)9-17/h2-4,6-7H,1,5,10H2. The molecule has 0 aliphatic carbocycles. The van der Waals surface area contributed by atoms with E-state index in [9.17, 15) is 4.39 Å². The lowest BCUT2D eigenvalue weighted by molar-refractivity contribution is 0.148. The van der Waals surface area contributed by atoms with Crippen LogP contribution in [0.1, 0.15) is 11.1 Å². The second kappa shape index (κ2) is 7.01. The molecular weight excluding hydrogens is 231 g/mol. The van der Waals surface area contributed by atoms with E-state index in [1.807, 2.05) is 0 Å². The Morgan fingerprint density at radius 2 is 2.11 bits per heavy atom. The van der Waals surface area contributed by atoms with Gasteiger partial charge in [0.2, 0.25) is 0 Å². The molecule has 1 aromatic rings. The van der Waals surface area contributed by atoms with Crippen molar-refractivity contribution >= 4 is 6.08 Å². The van der Waals surface area contributed by atoms with Crippen LogP contribution >= 0.6 is 0 Å². The molecule has 18 heavy (non-hydrogen) atoms. The summed E-state index contributed by atoms with van der Waals surface area (Å²) in [5.41, 5.74) is 1.14. The highest BCUT2D eigenvalue weighted by Crippen LogP contribution is 2.16. The number of halogens is 1. The van der Waals surface area contributed by atoms with Crippen molar-refractivity contribution in [3.05, 3.63) is 53.4 Å². The Labute approximate surface area is 105 Å². The minimum Gasteiger partial charge on any atom is -0.373 e. The number of hydrogen-bond donors (Lipinski definition) is 0. The van der Waals surface area contributed by atoms with Crippen LogP contribution in [0.4, 0.5) is 4.39 Å². The fraction of sp³-hybridized carbons (Fsp3) is 0.143. The molecule has 90 valence electrons. The second-order valence-corrected chi connectivity index (χ2v) is 3.43. The maximum atomic E-state index is 13.1. The number of nitriles is 2. The highest BCUT2D eigenvalue weighted by molar-refractivity contribution is 5.64. The van der Waals surface area contributed by atoms with Gasteiger partial charge in [-0.1, -0.05) is 12.1 Å². The zero-order valence-electron chi connectivity index (χ0n) is 9.69. The van der Waals surface area contributed by atoms with Crippen LogP contribution in [0.25, 0.3) is 6.08 Å². The van der Waals surface area contributed by atoms with Crippen LogP contribution in [-0.2, 0) is 11.3 Å². The van der Waals surface area contributed by atoms with Gasteiger partial charge in [0.25, 0.3) is 0 Å². The molecule has 0 amide bonds. The van der Waals surface area contributed by atoms with E-state index >= 15 is 0 Å². The van der Waals surface area contributed by atoms with E-state index in [0.29, 0.717) is 17.7 Å². The Kier molecular flexibility index (Phi) is 5.31. The van der Waals surface area contributed by atoms with E-state index < -0.39 is 0 Å². The summed E-state index contributed by atoms with van der Waals surface area (Å²) in [7, 11) is 0. The van der Waals surface area contributed by atoms with Crippen LogP contribution in [0.5, 0.6) is 0 Å². The van der Waals surface area contributed by atoms with Gasteiger partial charge in [-0.05, 0) is 29.3 Å². The van der Waals surface area contributed by atoms with Crippen LogP contribution in [0.3, 0.4) is 0 Å². The summed E-state index contributed by atoms with van der Waals surface area (Å²) in [5, 5.41) is 17.4. The largest absolute Gasteiger partial charge is 0.373 e. The van der Waals surface area contributed by atoms with Gasteiger partial charge in [-0.2, -0.15) is 10.5 Å². The Balaban J connectivity index is 3.04. The molecule has 4 heteroatoms. The lowest BCUT2D eigenvalue weighted by Gasteiger charge is -2.06. The first kappa shape index (κ1) is 13.6. The third kappa shape index (κ3) is 3.86. The van der Waals surface area contributed by atoms with Gasteiger partial charge in [0, 0.05) is 0 Å². The van der Waals surface area contributed by atoms with Gasteiger partial charge >= 0.3 is 0 Å². The van der Waals surface area contributed by atoms with Crippen molar-refractivity contribution in [1.82, 2.24) is 0 Å². The molecule has 0 fully saturated rings. The lowest BCUT2D eigenvalue weighted by Crippen LogP contribution is -1.96. The third-order valence-corrected chi connectivity index (χ3v) is 2.14. The summed E-state index contributed by atoms with van der Waals surface area (Å²) in [6, 6.07) is 7.62. The van der Waals surface area contributed by atoms with Crippen molar-refractivity contribution in [2.45, 2.75) is 6.61 Å². The molecule has 0 spiro atoms. The van der Waals surface area contributed by atoms with E-state index in [4.69, 9.17) is 15.3 Å². The number of rotatable bonds is 5. The van der Waals surface area contributed by atoms with E-state index in [-0.39, 0.29) is 18.0 Å². The minimum atomic E-state index is -0.389. The van der Waals surface area contributed by atoms with Gasteiger partial charge in [-0.15, -0.1) is 6.58 Å². The smallest absolute Gasteiger partial charge is 0.130 e. The Morgan fingerprint density at radius 1 is 1.39 bits per heavy atom. The van der Waals surface area contributed by atoms with Crippen molar-refractivity contribution in [2.75, 3.05) is 6.61 Å². The summed E-state index contributed by atoms with van der Waals surface area (Å²) < 4.78 is 18.4. The van der Waals surface area contributed by atoms with Gasteiger partial charge < -0.3 is 4.74 Å². The Bertz CT molecular complexity index is 534. The Hall–Kier alpha value is -2.43. The molecule has 0 saturated heterocycles. The molecule has 0 aliphatic heterocycles. The van der Waals surface area contributed by atoms with Crippen LogP contribution in [-0.4, -0.2) is 6.61 Å². The Morgan fingerprint density at radius 3 is 2.72 bits per heavy atom. The van der Waals surface area contributed by atoms with E-state index in [1.165, 1.54) is 24.3 Å². The molecule has 0 unspecified atom stereocenters. The first-order chi connectivity index (χ1) is 8.71. The fourth-order valence-corrected chi connectivity index (χ4v) is 1.34. The molecule has 1 aromatic carbocycles. The van der Waals surface area contributed by atoms with Crippen LogP contribution in [0, 0.1) is 28.5 Å². The summed E-state index contributed by atoms with van der Waals surface area (Å²) in [4.78, 5) is 0. The lowest BCUT2D eigenvalue weighted by atomic mass is 10.1. The van der Waals surface area contributed by atoms with Crippen LogP contribution in [0.2, 0.25) is 0 Å². The van der Waals surface area contributed by atoms with Gasteiger partial charge in [0.05, 0.1) is 13.2 Å². The van der Waals surface area contributed by atoms with Gasteiger partial charge in [-0.25, -0.2) is 4.39 Å². The molecule has 0 N–H and O–H groups in total. The third-order valence-electron chi connectivity index (χ3n) is 2.14. The molecule has 3 nitrogen and oxygen atoms in total. The summed E-state index contributed by atoms with van der Waals surface area (Å²) in [6.07, 6.45) is 3.00. The molecule has 0 aromatic heterocycles. The maximum absolute atomic E-state index is 13.1. The summed E-state index contributed by atoms with van der Waals surface area (Å²) in [5.74, 6) is -0.389. The van der Waals surface area contributed by atoms with E-state index in [2.05, 4.69) is 6.58 Å². The first-order valence-electron chi connectivity index (χ1n) is 5.20. The highest BCUT2D eigenvalue weighted by atomic mass is 19.1. The zero-order chi connectivity index (χ0) is 13.4. The minimum absolute atomic E-state index is 0.0356. The number of nitrogens with zero attached hydrogens (tertiary/aromatic N) is 2. The highest BCUT2D eigenvalue weighted by Gasteiger charge is 2.04. The molecule has 1 rings (SSSR count). The number of benzene rings is 1. The first-order valence-corrected chi connectivity index (χ1v) is 5.20. The second-order valence-electron chi connectivity index (χ2n) is 3.43. The van der Waals surface area contributed by atoms with Crippen LogP contribution in [0.15, 0.2) is 36.4 Å². The van der Waals surface area contributed by atoms with Crippen molar-refractivity contribution in [1.29, 1.82) is 10.5 Å². The summed E-state index contributed by atoms with van der Waals surface area (Å²) >= 11 is 0. The molecule has 0 aliphatic rings. The maximum Gasteiger partial charge on any atom is 0.130 e. The number of allylic oxidation sites excluding steroid dienone is 1. The van der Waals surface area contributed by atoms with Gasteiger partial charge in [-0.3, -0.25) is 0 Å². The topological polar surface area (TPSA) is 56.8 Å². The normalized spacial score (nSPS) is 9.06. The summed E-state index contributed by atoms with van der Waals surface area (Å²) in [6.45, 7) is 4.05. The molecule has 0 heterocycles. The van der Waals surface area contributed by atoms with E-state index in [1.54, 1.807) is 18.2 Å². The average Bonchev–Trinajstić information content (AvgIpc) is 2.38.